The fourth-order valence-corrected chi connectivity index (χ4v) is 5.68. The fraction of sp³-hybridized carbons (Fsp3) is 0.611. The number of halogens is 3. The van der Waals surface area contributed by atoms with Crippen LogP contribution < -0.4 is 0 Å². The van der Waals surface area contributed by atoms with E-state index in [9.17, 15) is 13.2 Å². The lowest BCUT2D eigenvalue weighted by Crippen LogP contribution is -2.52. The molecule has 4 saturated carbocycles. The van der Waals surface area contributed by atoms with Gasteiger partial charge in [-0.3, -0.25) is 0 Å². The number of alkyl halides is 3. The van der Waals surface area contributed by atoms with E-state index in [1.54, 1.807) is 10.9 Å². The maximum atomic E-state index is 12.9. The van der Waals surface area contributed by atoms with Crippen LogP contribution in [0.5, 0.6) is 0 Å². The Morgan fingerprint density at radius 3 is 2.24 bits per heavy atom. The van der Waals surface area contributed by atoms with Gasteiger partial charge >= 0.3 is 6.18 Å². The molecular formula is C18H19F3N4. The lowest BCUT2D eigenvalue weighted by molar-refractivity contribution is -0.137. The summed E-state index contributed by atoms with van der Waals surface area (Å²) in [6, 6.07) is 5.16. The average molecular weight is 348 g/mol. The molecule has 132 valence electrons. The van der Waals surface area contributed by atoms with Crippen LogP contribution >= 0.6 is 0 Å². The summed E-state index contributed by atoms with van der Waals surface area (Å²) in [7, 11) is 0. The molecule has 0 radical (unpaired) electrons. The third kappa shape index (κ3) is 2.47. The number of hydrogen-bond acceptors (Lipinski definition) is 3. The molecule has 1 aromatic heterocycles. The van der Waals surface area contributed by atoms with Crippen LogP contribution in [0.25, 0.3) is 11.4 Å². The molecule has 0 saturated heterocycles. The van der Waals surface area contributed by atoms with Gasteiger partial charge in [-0.15, -0.1) is 10.2 Å². The Hall–Kier alpha value is -1.92. The van der Waals surface area contributed by atoms with Crippen molar-refractivity contribution < 1.29 is 13.2 Å². The molecule has 1 aromatic carbocycles. The van der Waals surface area contributed by atoms with Gasteiger partial charge in [-0.1, -0.05) is 12.1 Å². The van der Waals surface area contributed by atoms with Gasteiger partial charge in [0.05, 0.1) is 11.1 Å². The van der Waals surface area contributed by atoms with Crippen LogP contribution in [0.3, 0.4) is 0 Å². The van der Waals surface area contributed by atoms with Gasteiger partial charge in [0.1, 0.15) is 0 Å². The second kappa shape index (κ2) is 5.05. The van der Waals surface area contributed by atoms with E-state index in [1.807, 2.05) is 0 Å². The summed E-state index contributed by atoms with van der Waals surface area (Å²) in [4.78, 5) is 1.73. The highest BCUT2D eigenvalue weighted by Gasteiger charge is 2.53. The van der Waals surface area contributed by atoms with E-state index in [-0.39, 0.29) is 11.4 Å². The number of benzene rings is 1. The molecule has 4 nitrogen and oxygen atoms in total. The largest absolute Gasteiger partial charge is 0.416 e. The van der Waals surface area contributed by atoms with E-state index >= 15 is 0 Å². The molecule has 0 aliphatic heterocycles. The first-order valence-corrected chi connectivity index (χ1v) is 8.89. The molecule has 7 heteroatoms. The zero-order valence-corrected chi connectivity index (χ0v) is 13.7. The SMILES string of the molecule is FC(F)(F)c1cccc(-c2nnn(C34CC5CC(CC(C5)C3)C4)n2)c1. The van der Waals surface area contributed by atoms with E-state index in [4.69, 9.17) is 0 Å². The standard InChI is InChI=1S/C18H19F3N4/c19-18(20,21)15-3-1-2-14(7-15)16-22-24-25(23-16)17-8-11-4-12(9-17)6-13(5-11)10-17/h1-3,7,11-13H,4-6,8-10H2. The molecule has 0 N–H and O–H groups in total. The molecule has 25 heavy (non-hydrogen) atoms. The minimum atomic E-state index is -4.37. The van der Waals surface area contributed by atoms with Gasteiger partial charge in [0.2, 0.25) is 5.82 Å². The van der Waals surface area contributed by atoms with Gasteiger partial charge in [-0.05, 0) is 73.6 Å². The monoisotopic (exact) mass is 348 g/mol. The minimum absolute atomic E-state index is 0.0678. The highest BCUT2D eigenvalue weighted by Crippen LogP contribution is 2.58. The summed E-state index contributed by atoms with van der Waals surface area (Å²) in [6.45, 7) is 0. The van der Waals surface area contributed by atoms with Gasteiger partial charge in [0, 0.05) is 5.56 Å². The summed E-state index contributed by atoms with van der Waals surface area (Å²) < 4.78 is 38.8. The van der Waals surface area contributed by atoms with Gasteiger partial charge in [0.15, 0.2) is 0 Å². The topological polar surface area (TPSA) is 43.6 Å². The highest BCUT2D eigenvalue weighted by atomic mass is 19.4. The Morgan fingerprint density at radius 1 is 1.00 bits per heavy atom. The third-order valence-corrected chi connectivity index (χ3v) is 6.29. The predicted octanol–water partition coefficient (Wildman–Crippen LogP) is 4.28. The van der Waals surface area contributed by atoms with Crippen LogP contribution in [0.15, 0.2) is 24.3 Å². The zero-order chi connectivity index (χ0) is 17.2. The van der Waals surface area contributed by atoms with Crippen molar-refractivity contribution in [1.29, 1.82) is 0 Å². The van der Waals surface area contributed by atoms with Gasteiger partial charge in [0.25, 0.3) is 0 Å². The van der Waals surface area contributed by atoms with Crippen LogP contribution in [-0.2, 0) is 11.7 Å². The first kappa shape index (κ1) is 15.3. The van der Waals surface area contributed by atoms with Gasteiger partial charge < -0.3 is 0 Å². The molecule has 0 spiro atoms. The number of aromatic nitrogens is 4. The van der Waals surface area contributed by atoms with E-state index in [0.29, 0.717) is 5.56 Å². The van der Waals surface area contributed by atoms with Crippen LogP contribution in [0.1, 0.15) is 44.1 Å². The smallest absolute Gasteiger partial charge is 0.166 e. The molecule has 6 rings (SSSR count). The van der Waals surface area contributed by atoms with Crippen LogP contribution in [0.4, 0.5) is 13.2 Å². The minimum Gasteiger partial charge on any atom is -0.166 e. The first-order chi connectivity index (χ1) is 11.9. The van der Waals surface area contributed by atoms with Crippen molar-refractivity contribution in [3.05, 3.63) is 29.8 Å². The lowest BCUT2D eigenvalue weighted by atomic mass is 9.53. The summed E-state index contributed by atoms with van der Waals surface area (Å²) in [5, 5.41) is 12.9. The first-order valence-electron chi connectivity index (χ1n) is 8.89. The quantitative estimate of drug-likeness (QED) is 0.813. The second-order valence-electron chi connectivity index (χ2n) is 8.12. The average Bonchev–Trinajstić information content (AvgIpc) is 3.04. The Morgan fingerprint density at radius 2 is 1.64 bits per heavy atom. The van der Waals surface area contributed by atoms with E-state index in [0.717, 1.165) is 49.1 Å². The maximum Gasteiger partial charge on any atom is 0.416 e. The second-order valence-corrected chi connectivity index (χ2v) is 8.12. The number of nitrogens with zero attached hydrogens (tertiary/aromatic N) is 4. The molecule has 4 aliphatic carbocycles. The van der Waals surface area contributed by atoms with Crippen molar-refractivity contribution in [3.63, 3.8) is 0 Å². The highest BCUT2D eigenvalue weighted by molar-refractivity contribution is 5.55. The Balaban J connectivity index is 1.49. The lowest BCUT2D eigenvalue weighted by Gasteiger charge is -2.55. The van der Waals surface area contributed by atoms with Crippen molar-refractivity contribution in [2.45, 2.75) is 50.2 Å². The van der Waals surface area contributed by atoms with Crippen LogP contribution in [0, 0.1) is 17.8 Å². The molecule has 4 bridgehead atoms. The van der Waals surface area contributed by atoms with E-state index in [2.05, 4.69) is 15.4 Å². The Bertz CT molecular complexity index is 775. The summed E-state index contributed by atoms with van der Waals surface area (Å²) in [5.74, 6) is 2.51. The van der Waals surface area contributed by atoms with Crippen molar-refractivity contribution in [2.24, 2.45) is 17.8 Å². The van der Waals surface area contributed by atoms with Crippen molar-refractivity contribution in [3.8, 4) is 11.4 Å². The molecule has 1 heterocycles. The molecule has 2 aromatic rings. The van der Waals surface area contributed by atoms with Gasteiger partial charge in [-0.2, -0.15) is 18.0 Å². The third-order valence-electron chi connectivity index (χ3n) is 6.29. The number of hydrogen-bond donors (Lipinski definition) is 0. The summed E-state index contributed by atoms with van der Waals surface area (Å²) in [5.41, 5.74) is -0.385. The predicted molar refractivity (Wildman–Crippen MR) is 84.4 cm³/mol. The summed E-state index contributed by atoms with van der Waals surface area (Å²) >= 11 is 0. The van der Waals surface area contributed by atoms with Crippen molar-refractivity contribution in [2.75, 3.05) is 0 Å². The molecule has 0 atom stereocenters. The Labute approximate surface area is 143 Å². The van der Waals surface area contributed by atoms with Crippen LogP contribution in [-0.4, -0.2) is 20.2 Å². The van der Waals surface area contributed by atoms with Gasteiger partial charge in [-0.25, -0.2) is 0 Å². The summed E-state index contributed by atoms with van der Waals surface area (Å²) in [6.07, 6.45) is 2.81. The van der Waals surface area contributed by atoms with Crippen LogP contribution in [0.2, 0.25) is 0 Å². The Kier molecular flexibility index (Phi) is 3.10. The normalized spacial score (nSPS) is 33.8. The molecule has 4 fully saturated rings. The van der Waals surface area contributed by atoms with E-state index < -0.39 is 11.7 Å². The fourth-order valence-electron chi connectivity index (χ4n) is 5.68. The van der Waals surface area contributed by atoms with Crippen molar-refractivity contribution >= 4 is 0 Å². The zero-order valence-electron chi connectivity index (χ0n) is 13.7. The molecular weight excluding hydrogens is 329 g/mol. The number of tetrazole rings is 1. The molecule has 4 aliphatic rings. The van der Waals surface area contributed by atoms with Crippen molar-refractivity contribution in [1.82, 2.24) is 20.2 Å². The molecule has 0 unspecified atom stereocenters. The van der Waals surface area contributed by atoms with E-state index in [1.165, 1.54) is 25.3 Å². The molecule has 0 amide bonds. The number of rotatable bonds is 2. The maximum absolute atomic E-state index is 12.9.